The van der Waals surface area contributed by atoms with Crippen molar-refractivity contribution < 1.29 is 23.1 Å². The second-order valence-electron chi connectivity index (χ2n) is 8.49. The third-order valence-electron chi connectivity index (χ3n) is 6.01. The molecule has 0 fully saturated rings. The van der Waals surface area contributed by atoms with E-state index in [2.05, 4.69) is 10.3 Å². The predicted octanol–water partition coefficient (Wildman–Crippen LogP) is 5.15. The van der Waals surface area contributed by atoms with Crippen molar-refractivity contribution in [2.75, 3.05) is 12.4 Å². The molecule has 0 saturated heterocycles. The Morgan fingerprint density at radius 1 is 1.03 bits per heavy atom. The van der Waals surface area contributed by atoms with Crippen molar-refractivity contribution >= 4 is 40.1 Å². The molecule has 7 nitrogen and oxygen atoms in total. The number of amidine groups is 1. The number of rotatable bonds is 6. The third-order valence-corrected chi connectivity index (χ3v) is 7.15. The lowest BCUT2D eigenvalue weighted by molar-refractivity contribution is -0.121. The summed E-state index contributed by atoms with van der Waals surface area (Å²) in [6, 6.07) is 18.6. The molecule has 3 aromatic rings. The molecule has 2 aliphatic heterocycles. The van der Waals surface area contributed by atoms with E-state index in [9.17, 15) is 18.4 Å². The summed E-state index contributed by atoms with van der Waals surface area (Å²) in [7, 11) is 1.56. The molecule has 0 aliphatic carbocycles. The van der Waals surface area contributed by atoms with Gasteiger partial charge in [0, 0.05) is 18.5 Å². The summed E-state index contributed by atoms with van der Waals surface area (Å²) in [5.74, 6) is -0.794. The molecular formula is C27H22F2N4O3S. The molecule has 0 bridgehead atoms. The highest BCUT2D eigenvalue weighted by Gasteiger charge is 2.39. The van der Waals surface area contributed by atoms with Crippen LogP contribution in [0.25, 0.3) is 0 Å². The van der Waals surface area contributed by atoms with Crippen LogP contribution >= 0.6 is 11.8 Å². The van der Waals surface area contributed by atoms with Crippen molar-refractivity contribution in [2.24, 2.45) is 10.1 Å². The van der Waals surface area contributed by atoms with Crippen LogP contribution in [0.1, 0.15) is 30.0 Å². The predicted molar refractivity (Wildman–Crippen MR) is 139 cm³/mol. The number of hydrazone groups is 1. The van der Waals surface area contributed by atoms with Crippen molar-refractivity contribution in [2.45, 2.75) is 24.1 Å². The Hall–Kier alpha value is -4.05. The van der Waals surface area contributed by atoms with Gasteiger partial charge in [-0.15, -0.1) is 0 Å². The van der Waals surface area contributed by atoms with E-state index in [0.29, 0.717) is 28.7 Å². The average Bonchev–Trinajstić information content (AvgIpc) is 3.49. The maximum atomic E-state index is 13.6. The van der Waals surface area contributed by atoms with Crippen molar-refractivity contribution in [3.05, 3.63) is 95.6 Å². The molecule has 2 amide bonds. The van der Waals surface area contributed by atoms with Crippen LogP contribution in [-0.2, 0) is 9.59 Å². The van der Waals surface area contributed by atoms with Crippen LogP contribution in [0.15, 0.2) is 82.9 Å². The fourth-order valence-electron chi connectivity index (χ4n) is 4.11. The van der Waals surface area contributed by atoms with Gasteiger partial charge in [-0.3, -0.25) is 9.59 Å². The van der Waals surface area contributed by atoms with Crippen LogP contribution in [0.4, 0.5) is 14.5 Å². The molecule has 0 saturated carbocycles. The average molecular weight is 521 g/mol. The number of carbonyl (C=O) groups excluding carboxylic acids is 2. The number of aliphatic imine (C=N–C) groups is 1. The van der Waals surface area contributed by atoms with Gasteiger partial charge in [0.25, 0.3) is 5.91 Å². The number of anilines is 1. The first kappa shape index (κ1) is 24.6. The summed E-state index contributed by atoms with van der Waals surface area (Å²) in [4.78, 5) is 29.5. The fraction of sp³-hybridized carbons (Fsp3) is 0.185. The first-order valence-electron chi connectivity index (χ1n) is 11.5. The molecule has 37 heavy (non-hydrogen) atoms. The highest BCUT2D eigenvalue weighted by Crippen LogP contribution is 2.38. The van der Waals surface area contributed by atoms with E-state index in [4.69, 9.17) is 9.84 Å². The Kier molecular flexibility index (Phi) is 7.00. The van der Waals surface area contributed by atoms with Gasteiger partial charge in [0.05, 0.1) is 18.9 Å². The minimum Gasteiger partial charge on any atom is -0.497 e. The topological polar surface area (TPSA) is 83.4 Å². The summed E-state index contributed by atoms with van der Waals surface area (Å²) < 4.78 is 32.1. The van der Waals surface area contributed by atoms with Gasteiger partial charge < -0.3 is 10.1 Å². The second kappa shape index (κ2) is 10.5. The molecule has 10 heteroatoms. The summed E-state index contributed by atoms with van der Waals surface area (Å²) in [6.07, 6.45) is 0.389. The first-order valence-corrected chi connectivity index (χ1v) is 12.4. The number of benzene rings is 3. The smallest absolute Gasteiger partial charge is 0.262 e. The van der Waals surface area contributed by atoms with Gasteiger partial charge >= 0.3 is 0 Å². The molecule has 2 atom stereocenters. The number of ether oxygens (including phenoxy) is 1. The van der Waals surface area contributed by atoms with Crippen molar-refractivity contribution in [1.29, 1.82) is 0 Å². The Morgan fingerprint density at radius 2 is 1.68 bits per heavy atom. The molecule has 1 N–H and O–H groups in total. The SMILES string of the molecule is COc1ccc(NC(=O)C[C@@H]2SC(N3N=C(c4ccc(F)cc4)C[C@H]3c3ccc(F)cc3)=NC2=O)cc1. The van der Waals surface area contributed by atoms with E-state index in [1.807, 2.05) is 0 Å². The maximum Gasteiger partial charge on any atom is 0.262 e. The van der Waals surface area contributed by atoms with Gasteiger partial charge in [-0.05, 0) is 59.7 Å². The fourth-order valence-corrected chi connectivity index (χ4v) is 5.17. The monoisotopic (exact) mass is 520 g/mol. The Balaban J connectivity index is 1.33. The molecule has 2 aliphatic rings. The van der Waals surface area contributed by atoms with Crippen LogP contribution in [0.2, 0.25) is 0 Å². The van der Waals surface area contributed by atoms with Gasteiger partial charge in [0.1, 0.15) is 22.6 Å². The maximum absolute atomic E-state index is 13.6. The number of nitrogens with zero attached hydrogens (tertiary/aromatic N) is 3. The number of methoxy groups -OCH3 is 1. The van der Waals surface area contributed by atoms with Gasteiger partial charge in [-0.25, -0.2) is 13.8 Å². The summed E-state index contributed by atoms with van der Waals surface area (Å²) >= 11 is 1.17. The summed E-state index contributed by atoms with van der Waals surface area (Å²) in [5, 5.41) is 8.77. The Labute approximate surface area is 216 Å². The second-order valence-corrected chi connectivity index (χ2v) is 9.66. The zero-order chi connectivity index (χ0) is 25.9. The number of hydrogen-bond acceptors (Lipinski definition) is 6. The lowest BCUT2D eigenvalue weighted by Gasteiger charge is -2.23. The molecule has 188 valence electrons. The number of nitrogens with one attached hydrogen (secondary N) is 1. The summed E-state index contributed by atoms with van der Waals surface area (Å²) in [6.45, 7) is 0. The molecule has 0 radical (unpaired) electrons. The molecule has 0 spiro atoms. The quantitative estimate of drug-likeness (QED) is 0.486. The minimum atomic E-state index is -0.702. The zero-order valence-electron chi connectivity index (χ0n) is 19.7. The van der Waals surface area contributed by atoms with E-state index in [1.165, 1.54) is 36.0 Å². The van der Waals surface area contributed by atoms with Crippen molar-refractivity contribution in [3.63, 3.8) is 0 Å². The largest absolute Gasteiger partial charge is 0.497 e. The van der Waals surface area contributed by atoms with E-state index in [-0.39, 0.29) is 30.0 Å². The number of halogens is 2. The number of thioether (sulfide) groups is 1. The van der Waals surface area contributed by atoms with Crippen molar-refractivity contribution in [1.82, 2.24) is 5.01 Å². The number of amides is 2. The van der Waals surface area contributed by atoms with Crippen molar-refractivity contribution in [3.8, 4) is 5.75 Å². The van der Waals surface area contributed by atoms with Gasteiger partial charge in [-0.2, -0.15) is 10.1 Å². The van der Waals surface area contributed by atoms with E-state index >= 15 is 0 Å². The minimum absolute atomic E-state index is 0.0634. The standard InChI is InChI=1S/C27H22F2N4O3S/c1-36-21-12-10-20(11-13-21)30-25(34)15-24-26(35)31-27(37-24)33-23(17-4-8-19(29)9-5-17)14-22(32-33)16-2-6-18(28)7-3-16/h2-13,23-24H,14-15H2,1H3,(H,30,34)/t23-,24-/m0/s1. The molecule has 5 rings (SSSR count). The molecule has 2 heterocycles. The molecule has 3 aromatic carbocycles. The molecule has 0 aromatic heterocycles. The van der Waals surface area contributed by atoms with Gasteiger partial charge in [-0.1, -0.05) is 36.0 Å². The zero-order valence-corrected chi connectivity index (χ0v) is 20.5. The summed E-state index contributed by atoms with van der Waals surface area (Å²) in [5.41, 5.74) is 2.80. The normalized spacial score (nSPS) is 19.0. The number of hydrogen-bond donors (Lipinski definition) is 1. The van der Waals surface area contributed by atoms with Gasteiger partial charge in [0.15, 0.2) is 5.17 Å². The lowest BCUT2D eigenvalue weighted by atomic mass is 9.98. The van der Waals surface area contributed by atoms with Crippen LogP contribution in [-0.4, -0.2) is 40.1 Å². The molecular weight excluding hydrogens is 498 g/mol. The molecule has 0 unspecified atom stereocenters. The van der Waals surface area contributed by atoms with Gasteiger partial charge in [0.2, 0.25) is 5.91 Å². The highest BCUT2D eigenvalue weighted by molar-refractivity contribution is 8.15. The van der Waals surface area contributed by atoms with E-state index < -0.39 is 11.2 Å². The lowest BCUT2D eigenvalue weighted by Crippen LogP contribution is -2.25. The van der Waals surface area contributed by atoms with E-state index in [0.717, 1.165) is 11.1 Å². The van der Waals surface area contributed by atoms with Crippen LogP contribution < -0.4 is 10.1 Å². The van der Waals surface area contributed by atoms with Crippen LogP contribution in [0.5, 0.6) is 5.75 Å². The van der Waals surface area contributed by atoms with Crippen LogP contribution in [0.3, 0.4) is 0 Å². The Bertz CT molecular complexity index is 1380. The van der Waals surface area contributed by atoms with Crippen LogP contribution in [0, 0.1) is 11.6 Å². The third kappa shape index (κ3) is 5.54. The number of carbonyl (C=O) groups is 2. The highest BCUT2D eigenvalue weighted by atomic mass is 32.2. The Morgan fingerprint density at radius 3 is 2.32 bits per heavy atom. The van der Waals surface area contributed by atoms with E-state index in [1.54, 1.807) is 60.6 Å². The first-order chi connectivity index (χ1) is 17.9.